The van der Waals surface area contributed by atoms with E-state index in [0.717, 1.165) is 5.39 Å². The van der Waals surface area contributed by atoms with Gasteiger partial charge in [-0.25, -0.2) is 0 Å². The minimum Gasteiger partial charge on any atom is -0.496 e. The van der Waals surface area contributed by atoms with Gasteiger partial charge in [0.2, 0.25) is 11.8 Å². The van der Waals surface area contributed by atoms with Crippen LogP contribution < -0.4 is 15.4 Å². The number of nitrogens with zero attached hydrogens (tertiary/aromatic N) is 2. The zero-order chi connectivity index (χ0) is 29.0. The fourth-order valence-electron chi connectivity index (χ4n) is 4.99. The molecule has 2 aromatic carbocycles. The molecule has 0 spiro atoms. The summed E-state index contributed by atoms with van der Waals surface area (Å²) in [5, 5.41) is 16.3. The van der Waals surface area contributed by atoms with Crippen molar-refractivity contribution in [1.29, 1.82) is 5.26 Å². The fraction of sp³-hybridized carbons (Fsp3) is 0.400. The summed E-state index contributed by atoms with van der Waals surface area (Å²) < 4.78 is 11.5. The van der Waals surface area contributed by atoms with Gasteiger partial charge in [-0.1, -0.05) is 24.3 Å². The van der Waals surface area contributed by atoms with Gasteiger partial charge in [-0.2, -0.15) is 5.26 Å². The molecule has 10 nitrogen and oxygen atoms in total. The number of para-hydroxylation sites is 1. The lowest BCUT2D eigenvalue weighted by Gasteiger charge is -2.33. The number of anilines is 1. The first-order valence-electron chi connectivity index (χ1n) is 13.2. The number of nitriles is 1. The molecule has 10 heteroatoms. The number of carbonyl (C=O) groups is 3. The maximum Gasteiger partial charge on any atom is 0.268 e. The molecule has 4 unspecified atom stereocenters. The quantitative estimate of drug-likeness (QED) is 0.393. The minimum atomic E-state index is -1.10. The van der Waals surface area contributed by atoms with Crippen LogP contribution in [-0.2, 0) is 14.3 Å². The Morgan fingerprint density at radius 3 is 2.50 bits per heavy atom. The lowest BCUT2D eigenvalue weighted by atomic mass is 10.1. The number of rotatable bonds is 8. The first-order valence-corrected chi connectivity index (χ1v) is 13.2. The van der Waals surface area contributed by atoms with E-state index >= 15 is 0 Å². The second kappa shape index (κ2) is 11.8. The van der Waals surface area contributed by atoms with Gasteiger partial charge in [-0.05, 0) is 64.4 Å². The topological polar surface area (TPSA) is 137 Å². The number of likely N-dealkylation sites (tertiary alicyclic amines) is 1. The predicted molar refractivity (Wildman–Crippen MR) is 151 cm³/mol. The van der Waals surface area contributed by atoms with Crippen LogP contribution in [0.3, 0.4) is 0 Å². The van der Waals surface area contributed by atoms with Crippen LogP contribution >= 0.6 is 0 Å². The number of aromatic amines is 1. The van der Waals surface area contributed by atoms with E-state index in [0.29, 0.717) is 17.0 Å². The maximum absolute atomic E-state index is 13.9. The van der Waals surface area contributed by atoms with E-state index in [4.69, 9.17) is 9.47 Å². The monoisotopic (exact) mass is 545 g/mol. The lowest BCUT2D eigenvalue weighted by Crippen LogP contribution is -2.56. The number of hydrogen-bond donors (Lipinski definition) is 3. The molecule has 4 rings (SSSR count). The number of H-pyrrole nitrogens is 1. The van der Waals surface area contributed by atoms with Crippen LogP contribution in [0.25, 0.3) is 10.9 Å². The van der Waals surface area contributed by atoms with E-state index in [1.54, 1.807) is 38.3 Å². The van der Waals surface area contributed by atoms with Gasteiger partial charge in [0.25, 0.3) is 5.91 Å². The average molecular weight is 546 g/mol. The predicted octanol–water partition coefficient (Wildman–Crippen LogP) is 3.86. The van der Waals surface area contributed by atoms with Gasteiger partial charge < -0.3 is 30.0 Å². The van der Waals surface area contributed by atoms with Crippen LogP contribution in [0, 0.1) is 17.2 Å². The van der Waals surface area contributed by atoms with Gasteiger partial charge in [0.1, 0.15) is 23.5 Å². The molecule has 210 valence electrons. The van der Waals surface area contributed by atoms with E-state index in [-0.39, 0.29) is 24.6 Å². The highest BCUT2D eigenvalue weighted by atomic mass is 16.5. The van der Waals surface area contributed by atoms with Crippen LogP contribution in [0.15, 0.2) is 54.6 Å². The Hall–Kier alpha value is -4.36. The Morgan fingerprint density at radius 1 is 1.12 bits per heavy atom. The summed E-state index contributed by atoms with van der Waals surface area (Å²) in [6.45, 7) is 7.32. The Kier molecular flexibility index (Phi) is 8.45. The third-order valence-corrected chi connectivity index (χ3v) is 6.80. The Balaban J connectivity index is 1.56. The largest absolute Gasteiger partial charge is 0.496 e. The minimum absolute atomic E-state index is 0.0495. The van der Waals surface area contributed by atoms with Crippen molar-refractivity contribution in [2.75, 3.05) is 19.0 Å². The number of fused-ring (bicyclic) bond motifs is 1. The number of benzene rings is 2. The number of amides is 3. The van der Waals surface area contributed by atoms with E-state index < -0.39 is 41.5 Å². The molecule has 3 aromatic rings. The Labute approximate surface area is 233 Å². The van der Waals surface area contributed by atoms with Crippen molar-refractivity contribution in [3.05, 3.63) is 60.3 Å². The summed E-state index contributed by atoms with van der Waals surface area (Å²) in [7, 11) is 1.55. The summed E-state index contributed by atoms with van der Waals surface area (Å²) in [5.74, 6) is -1.23. The van der Waals surface area contributed by atoms with Crippen LogP contribution in [0.4, 0.5) is 5.69 Å². The highest BCUT2D eigenvalue weighted by Crippen LogP contribution is 2.28. The van der Waals surface area contributed by atoms with Crippen LogP contribution in [0.1, 0.15) is 44.6 Å². The fourth-order valence-corrected chi connectivity index (χ4v) is 4.99. The Bertz CT molecular complexity index is 1420. The number of carbonyl (C=O) groups excluding carboxylic acids is 3. The van der Waals surface area contributed by atoms with Crippen molar-refractivity contribution < 1.29 is 23.9 Å². The first kappa shape index (κ1) is 28.6. The third kappa shape index (κ3) is 6.43. The SMILES string of the molecule is COc1cccc2[nH]c(C(=O)NC(C(=O)N3CC(C(=O)Nc4ccccc4)CC3C#N)C(C)OC(C)(C)C)cc12. The molecule has 4 atom stereocenters. The van der Waals surface area contributed by atoms with Gasteiger partial charge in [-0.3, -0.25) is 14.4 Å². The average Bonchev–Trinajstić information content (AvgIpc) is 3.55. The van der Waals surface area contributed by atoms with E-state index in [1.165, 1.54) is 4.90 Å². The van der Waals surface area contributed by atoms with E-state index in [1.807, 2.05) is 51.1 Å². The number of aromatic nitrogens is 1. The number of hydrogen-bond acceptors (Lipinski definition) is 6. The van der Waals surface area contributed by atoms with Crippen molar-refractivity contribution in [3.8, 4) is 11.8 Å². The summed E-state index contributed by atoms with van der Waals surface area (Å²) in [5.41, 5.74) is 0.994. The molecule has 3 N–H and O–H groups in total. The summed E-state index contributed by atoms with van der Waals surface area (Å²) in [6, 6.07) is 16.3. The van der Waals surface area contributed by atoms with Gasteiger partial charge in [0, 0.05) is 23.1 Å². The molecule has 1 aliphatic heterocycles. The van der Waals surface area contributed by atoms with Gasteiger partial charge in [0.05, 0.1) is 30.8 Å². The second-order valence-corrected chi connectivity index (χ2v) is 10.9. The molecule has 1 fully saturated rings. The van der Waals surface area contributed by atoms with Crippen LogP contribution in [-0.4, -0.2) is 65.0 Å². The Morgan fingerprint density at radius 2 is 1.85 bits per heavy atom. The molecule has 0 bridgehead atoms. The van der Waals surface area contributed by atoms with Gasteiger partial charge in [-0.15, -0.1) is 0 Å². The highest BCUT2D eigenvalue weighted by Gasteiger charge is 2.43. The number of nitrogens with one attached hydrogen (secondary N) is 3. The smallest absolute Gasteiger partial charge is 0.268 e. The first-order chi connectivity index (χ1) is 19.0. The summed E-state index contributed by atoms with van der Waals surface area (Å²) in [4.78, 5) is 44.7. The standard InChI is InChI=1S/C30H35N5O5/c1-18(40-30(2,3)4)26(34-28(37)24-15-22-23(33-24)12-9-13-25(22)39-5)29(38)35-17-19(14-21(35)16-31)27(36)32-20-10-7-6-8-11-20/h6-13,15,18-19,21,26,33H,14,17H2,1-5H3,(H,32,36)(H,34,37). The van der Waals surface area contributed by atoms with Crippen molar-refractivity contribution in [3.63, 3.8) is 0 Å². The molecule has 0 aliphatic carbocycles. The molecule has 2 heterocycles. The lowest BCUT2D eigenvalue weighted by molar-refractivity contribution is -0.141. The van der Waals surface area contributed by atoms with Crippen molar-refractivity contribution in [2.45, 2.75) is 57.9 Å². The zero-order valence-corrected chi connectivity index (χ0v) is 23.4. The van der Waals surface area contributed by atoms with Crippen molar-refractivity contribution >= 4 is 34.3 Å². The summed E-state index contributed by atoms with van der Waals surface area (Å²) in [6.07, 6.45) is -0.537. The summed E-state index contributed by atoms with van der Waals surface area (Å²) >= 11 is 0. The highest BCUT2D eigenvalue weighted by molar-refractivity contribution is 6.02. The molecule has 0 radical (unpaired) electrons. The number of ether oxygens (including phenoxy) is 2. The molecule has 0 saturated carbocycles. The van der Waals surface area contributed by atoms with E-state index in [9.17, 15) is 19.6 Å². The normalized spacial score (nSPS) is 18.6. The molecule has 1 aliphatic rings. The van der Waals surface area contributed by atoms with E-state index in [2.05, 4.69) is 21.7 Å². The zero-order valence-electron chi connectivity index (χ0n) is 23.4. The number of methoxy groups -OCH3 is 1. The molecular formula is C30H35N5O5. The molecule has 1 saturated heterocycles. The second-order valence-electron chi connectivity index (χ2n) is 10.9. The molecule has 1 aromatic heterocycles. The third-order valence-electron chi connectivity index (χ3n) is 6.80. The molecular weight excluding hydrogens is 510 g/mol. The van der Waals surface area contributed by atoms with Crippen LogP contribution in [0.2, 0.25) is 0 Å². The van der Waals surface area contributed by atoms with Gasteiger partial charge in [0.15, 0.2) is 0 Å². The van der Waals surface area contributed by atoms with Crippen molar-refractivity contribution in [2.24, 2.45) is 5.92 Å². The van der Waals surface area contributed by atoms with Crippen molar-refractivity contribution in [1.82, 2.24) is 15.2 Å². The molecule has 3 amide bonds. The molecule has 40 heavy (non-hydrogen) atoms. The van der Waals surface area contributed by atoms with Gasteiger partial charge >= 0.3 is 0 Å². The maximum atomic E-state index is 13.9. The van der Waals surface area contributed by atoms with Crippen LogP contribution in [0.5, 0.6) is 5.75 Å².